The predicted octanol–water partition coefficient (Wildman–Crippen LogP) is 11.7. The number of hydrogen-bond acceptors (Lipinski definition) is 2. The molecule has 9 aromatic carbocycles. The quantitative estimate of drug-likeness (QED) is 0.150. The third-order valence-electron chi connectivity index (χ3n) is 13.1. The van der Waals surface area contributed by atoms with Crippen LogP contribution in [0.5, 0.6) is 0 Å². The molecule has 10 aromatic rings. The molecule has 0 N–H and O–H groups in total. The summed E-state index contributed by atoms with van der Waals surface area (Å²) in [7, 11) is -2.57. The van der Waals surface area contributed by atoms with Crippen molar-refractivity contribution in [3.63, 3.8) is 0 Å². The van der Waals surface area contributed by atoms with Crippen molar-refractivity contribution >= 4 is 28.8 Å². The van der Waals surface area contributed by atoms with Gasteiger partial charge in [0.1, 0.15) is 0 Å². The molecule has 1 aliphatic carbocycles. The fraction of sp³-hybridized carbons (Fsp3) is 0.0169. The molecule has 2 aliphatic rings. The number of aromatic nitrogens is 2. The molecule has 0 unspecified atom stereocenters. The average molecular weight is 805 g/mol. The highest BCUT2D eigenvalue weighted by Gasteiger charge is 2.48. The van der Waals surface area contributed by atoms with Gasteiger partial charge in [0, 0.05) is 28.7 Å². The minimum atomic E-state index is -2.57. The van der Waals surface area contributed by atoms with Crippen molar-refractivity contribution in [2.45, 2.75) is 6.42 Å². The van der Waals surface area contributed by atoms with Crippen LogP contribution in [0.3, 0.4) is 0 Å². The van der Waals surface area contributed by atoms with Crippen LogP contribution in [0.4, 0.5) is 0 Å². The maximum atomic E-state index is 5.42. The van der Waals surface area contributed by atoms with E-state index in [1.165, 1.54) is 81.9 Å². The van der Waals surface area contributed by atoms with E-state index in [1.807, 2.05) is 0 Å². The zero-order chi connectivity index (χ0) is 41.0. The number of benzene rings is 9. The fourth-order valence-corrected chi connectivity index (χ4v) is 15.4. The van der Waals surface area contributed by atoms with Crippen LogP contribution in [0.1, 0.15) is 11.1 Å². The van der Waals surface area contributed by atoms with Crippen LogP contribution in [0.15, 0.2) is 231 Å². The first kappa shape index (κ1) is 36.2. The summed E-state index contributed by atoms with van der Waals surface area (Å²) in [6.07, 6.45) is 0.754. The van der Waals surface area contributed by atoms with E-state index in [9.17, 15) is 0 Å². The van der Waals surface area contributed by atoms with E-state index in [0.717, 1.165) is 34.8 Å². The molecular formula is C59H40N2Si. The molecule has 0 spiro atoms. The van der Waals surface area contributed by atoms with Crippen molar-refractivity contribution in [1.29, 1.82) is 0 Å². The lowest BCUT2D eigenvalue weighted by atomic mass is 9.93. The zero-order valence-corrected chi connectivity index (χ0v) is 35.0. The lowest BCUT2D eigenvalue weighted by Gasteiger charge is -2.31. The molecule has 0 saturated carbocycles. The zero-order valence-electron chi connectivity index (χ0n) is 34.0. The second-order valence-electron chi connectivity index (χ2n) is 16.4. The van der Waals surface area contributed by atoms with E-state index >= 15 is 0 Å². The standard InChI is InChI=1S/C59H40N2Si/c1-5-16-40(17-6-1)42-28-32-44(33-29-42)57-54-39-52-49(25-15-26-51(52)58(54)61-59(60-57)45-34-30-43(31-35-45)41-18-7-2-8-19-41)46-36-37-56-53(38-46)50-24-13-14-27-55(50)62(56,47-20-9-3-10-21-47)48-22-11-4-12-23-48/h1-38H,39H2. The van der Waals surface area contributed by atoms with Gasteiger partial charge in [0.15, 0.2) is 13.9 Å². The van der Waals surface area contributed by atoms with Crippen LogP contribution in [0.2, 0.25) is 0 Å². The molecule has 0 saturated heterocycles. The van der Waals surface area contributed by atoms with Crippen LogP contribution < -0.4 is 20.7 Å². The van der Waals surface area contributed by atoms with Crippen molar-refractivity contribution in [1.82, 2.24) is 9.97 Å². The SMILES string of the molecule is c1ccc(-c2ccc(-c3nc(-c4ccc(-c5ccccc5)cc4)c4c(n3)-c3cccc(-c5ccc6c(c5)-c5ccccc5[Si]6(c5ccccc5)c5ccccc5)c3C4)cc2)cc1. The molecule has 12 rings (SSSR count). The van der Waals surface area contributed by atoms with Gasteiger partial charge in [0.2, 0.25) is 0 Å². The van der Waals surface area contributed by atoms with E-state index in [1.54, 1.807) is 0 Å². The van der Waals surface area contributed by atoms with Gasteiger partial charge >= 0.3 is 0 Å². The van der Waals surface area contributed by atoms with Gasteiger partial charge in [-0.05, 0) is 76.9 Å². The minimum absolute atomic E-state index is 0.737. The second kappa shape index (κ2) is 14.8. The molecule has 0 atom stereocenters. The molecule has 2 heterocycles. The summed E-state index contributed by atoms with van der Waals surface area (Å²) in [6, 6.07) is 84.4. The molecule has 62 heavy (non-hydrogen) atoms. The summed E-state index contributed by atoms with van der Waals surface area (Å²) in [5, 5.41) is 5.73. The summed E-state index contributed by atoms with van der Waals surface area (Å²) < 4.78 is 0. The molecular weight excluding hydrogens is 765 g/mol. The van der Waals surface area contributed by atoms with Crippen LogP contribution in [0, 0.1) is 0 Å². The van der Waals surface area contributed by atoms with Gasteiger partial charge in [-0.3, -0.25) is 0 Å². The van der Waals surface area contributed by atoms with Crippen molar-refractivity contribution in [2.75, 3.05) is 0 Å². The summed E-state index contributed by atoms with van der Waals surface area (Å²) in [5.74, 6) is 0.737. The Bertz CT molecular complexity index is 3230. The van der Waals surface area contributed by atoms with Crippen molar-refractivity contribution in [2.24, 2.45) is 0 Å². The highest BCUT2D eigenvalue weighted by Crippen LogP contribution is 2.45. The van der Waals surface area contributed by atoms with E-state index < -0.39 is 8.07 Å². The average Bonchev–Trinajstić information content (AvgIpc) is 3.89. The van der Waals surface area contributed by atoms with Crippen LogP contribution >= 0.6 is 0 Å². The predicted molar refractivity (Wildman–Crippen MR) is 260 cm³/mol. The van der Waals surface area contributed by atoms with Gasteiger partial charge in [0.25, 0.3) is 0 Å². The van der Waals surface area contributed by atoms with Crippen LogP contribution in [-0.4, -0.2) is 18.0 Å². The Labute approximate surface area is 363 Å². The van der Waals surface area contributed by atoms with Gasteiger partial charge in [-0.15, -0.1) is 0 Å². The molecule has 0 amide bonds. The minimum Gasteiger partial charge on any atom is -0.228 e. The van der Waals surface area contributed by atoms with Gasteiger partial charge in [-0.1, -0.05) is 224 Å². The Morgan fingerprint density at radius 2 is 0.742 bits per heavy atom. The Kier molecular flexibility index (Phi) is 8.61. The Balaban J connectivity index is 1.00. The Morgan fingerprint density at radius 3 is 1.37 bits per heavy atom. The maximum absolute atomic E-state index is 5.42. The van der Waals surface area contributed by atoms with Crippen LogP contribution in [-0.2, 0) is 6.42 Å². The van der Waals surface area contributed by atoms with Crippen molar-refractivity contribution in [3.8, 4) is 78.4 Å². The first-order valence-corrected chi connectivity index (χ1v) is 23.4. The fourth-order valence-electron chi connectivity index (χ4n) is 10.2. The van der Waals surface area contributed by atoms with E-state index in [4.69, 9.17) is 9.97 Å². The molecule has 0 radical (unpaired) electrons. The third kappa shape index (κ3) is 5.77. The molecule has 290 valence electrons. The van der Waals surface area contributed by atoms with E-state index in [2.05, 4.69) is 231 Å². The largest absolute Gasteiger partial charge is 0.228 e. The number of nitrogens with zero attached hydrogens (tertiary/aromatic N) is 2. The second-order valence-corrected chi connectivity index (χ2v) is 20.1. The highest BCUT2D eigenvalue weighted by atomic mass is 28.3. The summed E-state index contributed by atoms with van der Waals surface area (Å²) in [5.41, 5.74) is 17.7. The maximum Gasteiger partial charge on any atom is 0.180 e. The summed E-state index contributed by atoms with van der Waals surface area (Å²) in [6.45, 7) is 0. The van der Waals surface area contributed by atoms with Crippen molar-refractivity contribution in [3.05, 3.63) is 242 Å². The smallest absolute Gasteiger partial charge is 0.180 e. The first-order valence-electron chi connectivity index (χ1n) is 21.4. The lowest BCUT2D eigenvalue weighted by molar-refractivity contribution is 1.13. The van der Waals surface area contributed by atoms with Gasteiger partial charge in [0.05, 0.1) is 11.4 Å². The van der Waals surface area contributed by atoms with E-state index in [-0.39, 0.29) is 0 Å². The van der Waals surface area contributed by atoms with E-state index in [0.29, 0.717) is 0 Å². The van der Waals surface area contributed by atoms with Gasteiger partial charge in [-0.25, -0.2) is 9.97 Å². The lowest BCUT2D eigenvalue weighted by Crippen LogP contribution is -2.72. The number of rotatable bonds is 7. The molecule has 0 fully saturated rings. The normalized spacial score (nSPS) is 12.9. The van der Waals surface area contributed by atoms with Gasteiger partial charge < -0.3 is 0 Å². The Morgan fingerprint density at radius 1 is 0.290 bits per heavy atom. The first-order chi connectivity index (χ1) is 30.7. The molecule has 2 nitrogen and oxygen atoms in total. The molecule has 1 aromatic heterocycles. The monoisotopic (exact) mass is 804 g/mol. The molecule has 0 bridgehead atoms. The summed E-state index contributed by atoms with van der Waals surface area (Å²) in [4.78, 5) is 10.8. The molecule has 1 aliphatic heterocycles. The molecule has 3 heteroatoms. The number of hydrogen-bond donors (Lipinski definition) is 0. The van der Waals surface area contributed by atoms with Gasteiger partial charge in [-0.2, -0.15) is 0 Å². The van der Waals surface area contributed by atoms with Crippen molar-refractivity contribution < 1.29 is 0 Å². The highest BCUT2D eigenvalue weighted by molar-refractivity contribution is 7.22. The Hall–Kier alpha value is -7.72. The number of fused-ring (bicyclic) bond motifs is 6. The third-order valence-corrected chi connectivity index (χ3v) is 18.0. The van der Waals surface area contributed by atoms with Crippen LogP contribution in [0.25, 0.3) is 78.4 Å². The topological polar surface area (TPSA) is 25.8 Å². The summed E-state index contributed by atoms with van der Waals surface area (Å²) >= 11 is 0.